The van der Waals surface area contributed by atoms with Gasteiger partial charge in [0.05, 0.1) is 0 Å². The molecule has 0 aromatic rings. The van der Waals surface area contributed by atoms with E-state index in [1.165, 1.54) is 0 Å². The molecule has 0 spiro atoms. The number of rotatable bonds is 3. The van der Waals surface area contributed by atoms with Crippen molar-refractivity contribution in [3.8, 4) is 0 Å². The second-order valence-corrected chi connectivity index (χ2v) is 3.05. The molecule has 1 rings (SSSR count). The van der Waals surface area contributed by atoms with Gasteiger partial charge in [0.15, 0.2) is 0 Å². The summed E-state index contributed by atoms with van der Waals surface area (Å²) in [4.78, 5) is 3.97. The predicted octanol–water partition coefficient (Wildman–Crippen LogP) is 1.70. The van der Waals surface area contributed by atoms with Crippen molar-refractivity contribution < 1.29 is 13.6 Å². The predicted molar refractivity (Wildman–Crippen MR) is 37.0 cm³/mol. The molecule has 0 aromatic heterocycles. The van der Waals surface area contributed by atoms with Crippen LogP contribution in [0, 0.1) is 5.92 Å². The summed E-state index contributed by atoms with van der Waals surface area (Å²) >= 11 is 0. The van der Waals surface area contributed by atoms with E-state index in [-0.39, 0.29) is 0 Å². The summed E-state index contributed by atoms with van der Waals surface area (Å²) in [5.74, 6) is 1.38. The van der Waals surface area contributed by atoms with Crippen molar-refractivity contribution in [3.63, 3.8) is 0 Å². The second kappa shape index (κ2) is 3.45. The molecule has 11 heavy (non-hydrogen) atoms. The van der Waals surface area contributed by atoms with Gasteiger partial charge in [-0.25, -0.2) is 14.7 Å². The van der Waals surface area contributed by atoms with Crippen LogP contribution in [0.5, 0.6) is 0 Å². The van der Waals surface area contributed by atoms with Crippen molar-refractivity contribution in [1.82, 2.24) is 0 Å². The molecular formula is C7H13F2NO. The molecule has 0 unspecified atom stereocenters. The van der Waals surface area contributed by atoms with Crippen molar-refractivity contribution in [3.05, 3.63) is 0 Å². The lowest BCUT2D eigenvalue weighted by atomic mass is 10.0. The molecule has 66 valence electrons. The number of hydrogen-bond donors (Lipinski definition) is 1. The van der Waals surface area contributed by atoms with Gasteiger partial charge in [-0.2, -0.15) is 0 Å². The largest absolute Gasteiger partial charge is 0.298 e. The minimum atomic E-state index is -2.72. The third-order valence-corrected chi connectivity index (χ3v) is 2.23. The standard InChI is InChI=1S/C7H13F2NO/c8-7(9,5-11-10)6-3-1-2-4-6/h6H,1-5,10H2. The number of hydrogen-bond acceptors (Lipinski definition) is 2. The summed E-state index contributed by atoms with van der Waals surface area (Å²) in [6.45, 7) is -0.641. The normalized spacial score (nSPS) is 21.0. The van der Waals surface area contributed by atoms with Gasteiger partial charge in [0.25, 0.3) is 5.92 Å². The molecule has 0 bridgehead atoms. The van der Waals surface area contributed by atoms with E-state index in [0.717, 1.165) is 12.8 Å². The maximum Gasteiger partial charge on any atom is 0.275 e. The van der Waals surface area contributed by atoms with Gasteiger partial charge in [-0.15, -0.1) is 0 Å². The molecule has 1 aliphatic carbocycles. The van der Waals surface area contributed by atoms with E-state index in [2.05, 4.69) is 10.7 Å². The van der Waals surface area contributed by atoms with Gasteiger partial charge >= 0.3 is 0 Å². The number of nitrogens with two attached hydrogens (primary N) is 1. The van der Waals surface area contributed by atoms with Crippen molar-refractivity contribution in [1.29, 1.82) is 0 Å². The molecule has 0 radical (unpaired) electrons. The Hall–Kier alpha value is -0.220. The van der Waals surface area contributed by atoms with Gasteiger partial charge in [-0.3, -0.25) is 4.84 Å². The number of alkyl halides is 2. The average molecular weight is 165 g/mol. The molecule has 0 saturated heterocycles. The lowest BCUT2D eigenvalue weighted by Gasteiger charge is -2.21. The maximum atomic E-state index is 12.9. The lowest BCUT2D eigenvalue weighted by molar-refractivity contribution is -0.116. The first-order valence-corrected chi connectivity index (χ1v) is 3.86. The highest BCUT2D eigenvalue weighted by Gasteiger charge is 2.40. The Morgan fingerprint density at radius 3 is 2.36 bits per heavy atom. The van der Waals surface area contributed by atoms with E-state index < -0.39 is 18.4 Å². The Bertz CT molecular complexity index is 124. The van der Waals surface area contributed by atoms with E-state index in [9.17, 15) is 8.78 Å². The molecule has 1 aliphatic rings. The molecule has 0 atom stereocenters. The van der Waals surface area contributed by atoms with Crippen LogP contribution in [0.2, 0.25) is 0 Å². The molecular weight excluding hydrogens is 152 g/mol. The Kier molecular flexibility index (Phi) is 2.78. The highest BCUT2D eigenvalue weighted by molar-refractivity contribution is 4.80. The Morgan fingerprint density at radius 1 is 1.36 bits per heavy atom. The highest BCUT2D eigenvalue weighted by Crippen LogP contribution is 2.37. The second-order valence-electron chi connectivity index (χ2n) is 3.05. The summed E-state index contributed by atoms with van der Waals surface area (Å²) in [7, 11) is 0. The quantitative estimate of drug-likeness (QED) is 0.646. The summed E-state index contributed by atoms with van der Waals surface area (Å²) in [6.07, 6.45) is 3.03. The maximum absolute atomic E-state index is 12.9. The molecule has 0 aromatic carbocycles. The van der Waals surface area contributed by atoms with Crippen molar-refractivity contribution in [2.75, 3.05) is 6.61 Å². The van der Waals surface area contributed by atoms with Gasteiger partial charge < -0.3 is 0 Å². The third-order valence-electron chi connectivity index (χ3n) is 2.23. The third kappa shape index (κ3) is 2.10. The van der Waals surface area contributed by atoms with Gasteiger partial charge in [0.2, 0.25) is 0 Å². The van der Waals surface area contributed by atoms with E-state index in [0.29, 0.717) is 12.8 Å². The van der Waals surface area contributed by atoms with E-state index in [4.69, 9.17) is 0 Å². The molecule has 0 heterocycles. The molecule has 4 heteroatoms. The minimum Gasteiger partial charge on any atom is -0.298 e. The van der Waals surface area contributed by atoms with Crippen molar-refractivity contribution in [2.24, 2.45) is 11.8 Å². The molecule has 0 aliphatic heterocycles. The van der Waals surface area contributed by atoms with Crippen LogP contribution in [-0.4, -0.2) is 12.5 Å². The van der Waals surface area contributed by atoms with Gasteiger partial charge in [0, 0.05) is 5.92 Å². The summed E-state index contributed by atoms with van der Waals surface area (Å²) in [6, 6.07) is 0. The minimum absolute atomic E-state index is 0.508. The molecule has 2 nitrogen and oxygen atoms in total. The summed E-state index contributed by atoms with van der Waals surface area (Å²) < 4.78 is 25.8. The van der Waals surface area contributed by atoms with Crippen LogP contribution >= 0.6 is 0 Å². The first-order valence-electron chi connectivity index (χ1n) is 3.86. The van der Waals surface area contributed by atoms with E-state index in [1.54, 1.807) is 0 Å². The van der Waals surface area contributed by atoms with Crippen LogP contribution in [0.25, 0.3) is 0 Å². The number of halogens is 2. The first kappa shape index (κ1) is 8.87. The smallest absolute Gasteiger partial charge is 0.275 e. The van der Waals surface area contributed by atoms with E-state index in [1.807, 2.05) is 0 Å². The van der Waals surface area contributed by atoms with Crippen LogP contribution in [0.4, 0.5) is 8.78 Å². The Morgan fingerprint density at radius 2 is 1.91 bits per heavy atom. The fourth-order valence-corrected chi connectivity index (χ4v) is 1.58. The fraction of sp³-hybridized carbons (Fsp3) is 1.00. The Labute approximate surface area is 64.7 Å². The molecule has 0 amide bonds. The zero-order chi connectivity index (χ0) is 8.32. The van der Waals surface area contributed by atoms with Crippen LogP contribution < -0.4 is 5.90 Å². The SMILES string of the molecule is NOCC(F)(F)C1CCCC1. The van der Waals surface area contributed by atoms with Crippen LogP contribution in [0.1, 0.15) is 25.7 Å². The first-order chi connectivity index (χ1) is 5.17. The summed E-state index contributed by atoms with van der Waals surface area (Å²) in [5, 5.41) is 0. The van der Waals surface area contributed by atoms with Crippen LogP contribution in [-0.2, 0) is 4.84 Å². The van der Waals surface area contributed by atoms with Crippen LogP contribution in [0.15, 0.2) is 0 Å². The average Bonchev–Trinajstić information content (AvgIpc) is 2.37. The lowest BCUT2D eigenvalue weighted by Crippen LogP contribution is -2.33. The van der Waals surface area contributed by atoms with Gasteiger partial charge in [-0.1, -0.05) is 12.8 Å². The fourth-order valence-electron chi connectivity index (χ4n) is 1.58. The highest BCUT2D eigenvalue weighted by atomic mass is 19.3. The zero-order valence-electron chi connectivity index (χ0n) is 6.35. The monoisotopic (exact) mass is 165 g/mol. The molecule has 1 fully saturated rings. The molecule has 1 saturated carbocycles. The topological polar surface area (TPSA) is 35.2 Å². The zero-order valence-corrected chi connectivity index (χ0v) is 6.35. The molecule has 2 N–H and O–H groups in total. The van der Waals surface area contributed by atoms with Gasteiger partial charge in [-0.05, 0) is 12.8 Å². The summed E-state index contributed by atoms with van der Waals surface area (Å²) in [5.41, 5.74) is 0. The Balaban J connectivity index is 2.41. The van der Waals surface area contributed by atoms with Crippen LogP contribution in [0.3, 0.4) is 0 Å². The van der Waals surface area contributed by atoms with Crippen molar-refractivity contribution in [2.45, 2.75) is 31.6 Å². The van der Waals surface area contributed by atoms with Gasteiger partial charge in [0.1, 0.15) is 6.61 Å². The van der Waals surface area contributed by atoms with E-state index >= 15 is 0 Å². The van der Waals surface area contributed by atoms with Crippen molar-refractivity contribution >= 4 is 0 Å².